The van der Waals surface area contributed by atoms with Crippen LogP contribution in [-0.4, -0.2) is 50.8 Å². The Hall–Kier alpha value is -2.47. The van der Waals surface area contributed by atoms with Gasteiger partial charge in [-0.25, -0.2) is 0 Å². The zero-order valence-electron chi connectivity index (χ0n) is 15.8. The van der Waals surface area contributed by atoms with Gasteiger partial charge in [0.2, 0.25) is 0 Å². The molecular weight excluding hydrogens is 362 g/mol. The third kappa shape index (κ3) is 5.26. The normalized spacial score (nSPS) is 17.1. The Balaban J connectivity index is 1.51. The number of benzene rings is 1. The van der Waals surface area contributed by atoms with E-state index in [-0.39, 0.29) is 0 Å². The first kappa shape index (κ1) is 19.3. The average molecular weight is 388 g/mol. The first-order valence-corrected chi connectivity index (χ1v) is 9.53. The fourth-order valence-corrected chi connectivity index (χ4v) is 3.42. The number of anilines is 1. The second kappa shape index (κ2) is 9.46. The number of hydrogen-bond acceptors (Lipinski definition) is 4. The SMILES string of the molecule is CN=C(NCCc1ccccn1)NC1CCN(c2cc(Cl)ccc2OC)C1. The van der Waals surface area contributed by atoms with Crippen molar-refractivity contribution >= 4 is 23.2 Å². The van der Waals surface area contributed by atoms with Crippen LogP contribution in [0.25, 0.3) is 0 Å². The van der Waals surface area contributed by atoms with Crippen molar-refractivity contribution in [2.45, 2.75) is 18.9 Å². The number of pyridine rings is 1. The van der Waals surface area contributed by atoms with Gasteiger partial charge in [0.25, 0.3) is 0 Å². The molecule has 144 valence electrons. The molecule has 1 atom stereocenters. The van der Waals surface area contributed by atoms with Crippen molar-refractivity contribution in [1.29, 1.82) is 0 Å². The summed E-state index contributed by atoms with van der Waals surface area (Å²) in [6.45, 7) is 2.60. The molecule has 2 aromatic rings. The van der Waals surface area contributed by atoms with Crippen LogP contribution in [0.2, 0.25) is 5.02 Å². The smallest absolute Gasteiger partial charge is 0.191 e. The van der Waals surface area contributed by atoms with Gasteiger partial charge in [-0.1, -0.05) is 17.7 Å². The molecule has 1 saturated heterocycles. The lowest BCUT2D eigenvalue weighted by molar-refractivity contribution is 0.415. The van der Waals surface area contributed by atoms with Crippen molar-refractivity contribution in [2.24, 2.45) is 4.99 Å². The molecular formula is C20H26ClN5O. The fourth-order valence-electron chi connectivity index (χ4n) is 3.25. The maximum atomic E-state index is 6.17. The van der Waals surface area contributed by atoms with Crippen molar-refractivity contribution in [1.82, 2.24) is 15.6 Å². The topological polar surface area (TPSA) is 61.8 Å². The molecule has 1 aliphatic rings. The van der Waals surface area contributed by atoms with Crippen molar-refractivity contribution < 1.29 is 4.74 Å². The van der Waals surface area contributed by atoms with Gasteiger partial charge in [0, 0.05) is 56.1 Å². The van der Waals surface area contributed by atoms with Gasteiger partial charge in [-0.15, -0.1) is 0 Å². The minimum absolute atomic E-state index is 0.315. The average Bonchev–Trinajstić information content (AvgIpc) is 3.16. The van der Waals surface area contributed by atoms with E-state index in [2.05, 4.69) is 25.5 Å². The summed E-state index contributed by atoms with van der Waals surface area (Å²) in [5.74, 6) is 1.66. The Morgan fingerprint density at radius 1 is 1.37 bits per heavy atom. The van der Waals surface area contributed by atoms with E-state index in [1.807, 2.05) is 42.6 Å². The third-order valence-corrected chi connectivity index (χ3v) is 4.87. The monoisotopic (exact) mass is 387 g/mol. The number of aliphatic imine (C=N–C) groups is 1. The maximum absolute atomic E-state index is 6.17. The molecule has 0 aliphatic carbocycles. The molecule has 1 aromatic heterocycles. The van der Waals surface area contributed by atoms with E-state index in [1.165, 1.54) is 0 Å². The number of hydrogen-bond donors (Lipinski definition) is 2. The van der Waals surface area contributed by atoms with E-state index in [9.17, 15) is 0 Å². The van der Waals surface area contributed by atoms with Gasteiger partial charge in [-0.2, -0.15) is 0 Å². The molecule has 0 amide bonds. The molecule has 1 aliphatic heterocycles. The van der Waals surface area contributed by atoms with Crippen LogP contribution in [0.15, 0.2) is 47.6 Å². The molecule has 2 N–H and O–H groups in total. The molecule has 7 heteroatoms. The highest BCUT2D eigenvalue weighted by atomic mass is 35.5. The molecule has 1 unspecified atom stereocenters. The summed E-state index contributed by atoms with van der Waals surface area (Å²) in [5, 5.41) is 7.59. The summed E-state index contributed by atoms with van der Waals surface area (Å²) in [6.07, 6.45) is 3.70. The Bertz CT molecular complexity index is 768. The van der Waals surface area contributed by atoms with Crippen LogP contribution >= 0.6 is 11.6 Å². The number of aromatic nitrogens is 1. The Morgan fingerprint density at radius 3 is 3.00 bits per heavy atom. The summed E-state index contributed by atoms with van der Waals surface area (Å²) in [4.78, 5) is 11.0. The highest BCUT2D eigenvalue weighted by Gasteiger charge is 2.25. The van der Waals surface area contributed by atoms with Gasteiger partial charge in [-0.3, -0.25) is 9.98 Å². The maximum Gasteiger partial charge on any atom is 0.191 e. The highest BCUT2D eigenvalue weighted by molar-refractivity contribution is 6.30. The molecule has 27 heavy (non-hydrogen) atoms. The number of nitrogens with one attached hydrogen (secondary N) is 2. The summed E-state index contributed by atoms with van der Waals surface area (Å²) in [6, 6.07) is 12.0. The summed E-state index contributed by atoms with van der Waals surface area (Å²) in [5.41, 5.74) is 2.10. The van der Waals surface area contributed by atoms with E-state index < -0.39 is 0 Å². The minimum atomic E-state index is 0.315. The molecule has 2 heterocycles. The second-order valence-corrected chi connectivity index (χ2v) is 6.90. The van der Waals surface area contributed by atoms with E-state index in [0.29, 0.717) is 11.1 Å². The van der Waals surface area contributed by atoms with Crippen LogP contribution in [0.5, 0.6) is 5.75 Å². The summed E-state index contributed by atoms with van der Waals surface area (Å²) in [7, 11) is 3.48. The van der Waals surface area contributed by atoms with Gasteiger partial charge >= 0.3 is 0 Å². The first-order chi connectivity index (χ1) is 13.2. The van der Waals surface area contributed by atoms with Gasteiger partial charge in [0.15, 0.2) is 5.96 Å². The van der Waals surface area contributed by atoms with Crippen molar-refractivity contribution in [2.75, 3.05) is 38.7 Å². The van der Waals surface area contributed by atoms with E-state index in [0.717, 1.165) is 55.6 Å². The zero-order chi connectivity index (χ0) is 19.1. The van der Waals surface area contributed by atoms with Crippen molar-refractivity contribution in [3.8, 4) is 5.75 Å². The lowest BCUT2D eigenvalue weighted by atomic mass is 10.2. The van der Waals surface area contributed by atoms with Crippen molar-refractivity contribution in [3.63, 3.8) is 0 Å². The Kier molecular flexibility index (Phi) is 6.76. The molecule has 0 radical (unpaired) electrons. The number of guanidine groups is 1. The Morgan fingerprint density at radius 2 is 2.26 bits per heavy atom. The number of nitrogens with zero attached hydrogens (tertiary/aromatic N) is 3. The third-order valence-electron chi connectivity index (χ3n) is 4.63. The van der Waals surface area contributed by atoms with E-state index in [4.69, 9.17) is 16.3 Å². The quantitative estimate of drug-likeness (QED) is 0.589. The van der Waals surface area contributed by atoms with Crippen LogP contribution in [0.1, 0.15) is 12.1 Å². The van der Waals surface area contributed by atoms with Crippen LogP contribution in [0, 0.1) is 0 Å². The van der Waals surface area contributed by atoms with Crippen LogP contribution < -0.4 is 20.3 Å². The molecule has 0 saturated carbocycles. The van der Waals surface area contributed by atoms with E-state index >= 15 is 0 Å². The molecule has 6 nitrogen and oxygen atoms in total. The predicted molar refractivity (Wildman–Crippen MR) is 111 cm³/mol. The fraction of sp³-hybridized carbons (Fsp3) is 0.400. The largest absolute Gasteiger partial charge is 0.495 e. The zero-order valence-corrected chi connectivity index (χ0v) is 16.5. The number of halogens is 1. The number of methoxy groups -OCH3 is 1. The van der Waals surface area contributed by atoms with Gasteiger partial charge < -0.3 is 20.3 Å². The van der Waals surface area contributed by atoms with Gasteiger partial charge in [0.05, 0.1) is 12.8 Å². The number of ether oxygens (including phenoxy) is 1. The predicted octanol–water partition coefficient (Wildman–Crippen LogP) is 2.73. The van der Waals surface area contributed by atoms with Crippen LogP contribution in [-0.2, 0) is 6.42 Å². The summed E-state index contributed by atoms with van der Waals surface area (Å²) < 4.78 is 5.48. The molecule has 1 aromatic carbocycles. The molecule has 1 fully saturated rings. The second-order valence-electron chi connectivity index (χ2n) is 6.46. The van der Waals surface area contributed by atoms with E-state index in [1.54, 1.807) is 14.2 Å². The number of rotatable bonds is 6. The molecule has 3 rings (SSSR count). The molecule has 0 bridgehead atoms. The highest BCUT2D eigenvalue weighted by Crippen LogP contribution is 2.33. The van der Waals surface area contributed by atoms with Gasteiger partial charge in [0.1, 0.15) is 5.75 Å². The summed E-state index contributed by atoms with van der Waals surface area (Å²) >= 11 is 6.17. The lowest BCUT2D eigenvalue weighted by Gasteiger charge is -2.22. The van der Waals surface area contributed by atoms with Crippen LogP contribution in [0.3, 0.4) is 0 Å². The van der Waals surface area contributed by atoms with Crippen molar-refractivity contribution in [3.05, 3.63) is 53.3 Å². The molecule has 0 spiro atoms. The first-order valence-electron chi connectivity index (χ1n) is 9.15. The Labute approximate surface area is 165 Å². The van der Waals surface area contributed by atoms with Gasteiger partial charge in [-0.05, 0) is 36.8 Å². The van der Waals surface area contributed by atoms with Crippen LogP contribution in [0.4, 0.5) is 5.69 Å². The lowest BCUT2D eigenvalue weighted by Crippen LogP contribution is -2.45. The minimum Gasteiger partial charge on any atom is -0.495 e. The standard InChI is InChI=1S/C20H26ClN5O/c1-22-20(24-11-8-16-5-3-4-10-23-16)25-17-9-12-26(14-17)18-13-15(21)6-7-19(18)27-2/h3-7,10,13,17H,8-9,11-12,14H2,1-2H3,(H2,22,24,25).